The monoisotopic (exact) mass is 460 g/mol. The van der Waals surface area contributed by atoms with Crippen LogP contribution in [0.1, 0.15) is 81.6 Å². The van der Waals surface area contributed by atoms with E-state index in [1.54, 1.807) is 24.3 Å². The van der Waals surface area contributed by atoms with Crippen LogP contribution in [0, 0.1) is 0 Å². The molecule has 33 heavy (non-hydrogen) atoms. The normalized spacial score (nSPS) is 14.3. The Balaban J connectivity index is 2.32. The van der Waals surface area contributed by atoms with Gasteiger partial charge in [0.2, 0.25) is 0 Å². The Bertz CT molecular complexity index is 932. The average Bonchev–Trinajstić information content (AvgIpc) is 2.72. The van der Waals surface area contributed by atoms with E-state index < -0.39 is 12.2 Å². The molecule has 0 saturated heterocycles. The first kappa shape index (κ1) is 27.1. The van der Waals surface area contributed by atoms with Gasteiger partial charge in [-0.25, -0.2) is 0 Å². The van der Waals surface area contributed by atoms with Gasteiger partial charge in [-0.3, -0.25) is 0 Å². The van der Waals surface area contributed by atoms with Crippen molar-refractivity contribution in [3.05, 3.63) is 58.1 Å². The largest absolute Gasteiger partial charge is 0.508 e. The fourth-order valence-electron chi connectivity index (χ4n) is 3.44. The standard InChI is InChI=1S/C26H40N2O5/c1-25(2,3)27-13-22(31)16-7-8-21(30)17(9-16)10-19-11-18(12-20(15-29)24(19)33)23(32)14-28-26(4,5)6/h7-9,11-12,22-23,27-33H,10,13-15H2,1-6H3/t22-,23+/m0/s1. The summed E-state index contributed by atoms with van der Waals surface area (Å²) in [5, 5.41) is 58.5. The second-order valence-corrected chi connectivity index (χ2v) is 10.7. The van der Waals surface area contributed by atoms with Crippen LogP contribution < -0.4 is 10.6 Å². The highest BCUT2D eigenvalue weighted by molar-refractivity contribution is 5.49. The van der Waals surface area contributed by atoms with E-state index in [9.17, 15) is 25.5 Å². The number of phenolic OH excluding ortho intramolecular Hbond substituents is 1. The number of benzene rings is 2. The van der Waals surface area contributed by atoms with Gasteiger partial charge in [0.25, 0.3) is 0 Å². The molecule has 7 heteroatoms. The third kappa shape index (κ3) is 8.28. The lowest BCUT2D eigenvalue weighted by Gasteiger charge is -2.24. The van der Waals surface area contributed by atoms with Gasteiger partial charge < -0.3 is 36.2 Å². The van der Waals surface area contributed by atoms with Crippen LogP contribution in [0.25, 0.3) is 0 Å². The molecule has 2 rings (SSSR count). The fourth-order valence-corrected chi connectivity index (χ4v) is 3.44. The molecular formula is C26H40N2O5. The Labute approximate surface area is 197 Å². The lowest BCUT2D eigenvalue weighted by Crippen LogP contribution is -2.38. The average molecular weight is 461 g/mol. The van der Waals surface area contributed by atoms with E-state index in [1.165, 1.54) is 6.07 Å². The predicted octanol–water partition coefficient (Wildman–Crippen LogP) is 3.02. The molecule has 7 nitrogen and oxygen atoms in total. The van der Waals surface area contributed by atoms with E-state index >= 15 is 0 Å². The van der Waals surface area contributed by atoms with Crippen LogP contribution in [-0.2, 0) is 13.0 Å². The summed E-state index contributed by atoms with van der Waals surface area (Å²) in [5.74, 6) is -0.0305. The van der Waals surface area contributed by atoms with Crippen molar-refractivity contribution >= 4 is 0 Å². The van der Waals surface area contributed by atoms with Gasteiger partial charge in [-0.15, -0.1) is 0 Å². The number of aliphatic hydroxyl groups is 3. The summed E-state index contributed by atoms with van der Waals surface area (Å²) in [4.78, 5) is 0. The van der Waals surface area contributed by atoms with E-state index in [2.05, 4.69) is 10.6 Å². The van der Waals surface area contributed by atoms with Gasteiger partial charge >= 0.3 is 0 Å². The predicted molar refractivity (Wildman–Crippen MR) is 130 cm³/mol. The van der Waals surface area contributed by atoms with Gasteiger partial charge in [-0.1, -0.05) is 6.07 Å². The Morgan fingerprint density at radius 1 is 0.727 bits per heavy atom. The Morgan fingerprint density at radius 3 is 1.73 bits per heavy atom. The molecule has 0 fully saturated rings. The molecule has 0 aliphatic rings. The van der Waals surface area contributed by atoms with Gasteiger partial charge in [0.05, 0.1) is 18.8 Å². The van der Waals surface area contributed by atoms with Crippen LogP contribution in [0.2, 0.25) is 0 Å². The minimum Gasteiger partial charge on any atom is -0.508 e. The maximum absolute atomic E-state index is 10.7. The molecule has 0 saturated carbocycles. The molecule has 0 unspecified atom stereocenters. The number of hydrogen-bond donors (Lipinski definition) is 7. The van der Waals surface area contributed by atoms with Crippen molar-refractivity contribution in [1.29, 1.82) is 0 Å². The van der Waals surface area contributed by atoms with Crippen LogP contribution in [0.3, 0.4) is 0 Å². The summed E-state index contributed by atoms with van der Waals surface area (Å²) in [6.45, 7) is 12.3. The summed E-state index contributed by atoms with van der Waals surface area (Å²) < 4.78 is 0. The van der Waals surface area contributed by atoms with Gasteiger partial charge in [0, 0.05) is 36.2 Å². The van der Waals surface area contributed by atoms with Crippen molar-refractivity contribution in [2.24, 2.45) is 0 Å². The van der Waals surface area contributed by atoms with Crippen LogP contribution in [0.5, 0.6) is 11.5 Å². The maximum atomic E-state index is 10.7. The number of β-amino-alcohol motifs (C(OH)–C–C–N with tert-alkyl or cyclic N) is 2. The van der Waals surface area contributed by atoms with Crippen molar-refractivity contribution in [3.8, 4) is 11.5 Å². The second-order valence-electron chi connectivity index (χ2n) is 10.7. The highest BCUT2D eigenvalue weighted by Gasteiger charge is 2.19. The third-order valence-corrected chi connectivity index (χ3v) is 5.37. The molecule has 7 N–H and O–H groups in total. The molecule has 0 amide bonds. The summed E-state index contributed by atoms with van der Waals surface area (Å²) in [7, 11) is 0. The lowest BCUT2D eigenvalue weighted by molar-refractivity contribution is 0.163. The summed E-state index contributed by atoms with van der Waals surface area (Å²) in [5.41, 5.74) is 2.20. The number of hydrogen-bond acceptors (Lipinski definition) is 7. The third-order valence-electron chi connectivity index (χ3n) is 5.37. The van der Waals surface area contributed by atoms with E-state index in [1.807, 2.05) is 41.5 Å². The van der Waals surface area contributed by atoms with Gasteiger partial charge in [0.1, 0.15) is 11.5 Å². The number of aromatic hydroxyl groups is 2. The molecule has 184 valence electrons. The summed E-state index contributed by atoms with van der Waals surface area (Å²) >= 11 is 0. The molecular weight excluding hydrogens is 420 g/mol. The van der Waals surface area contributed by atoms with Crippen molar-refractivity contribution < 1.29 is 25.5 Å². The summed E-state index contributed by atoms with van der Waals surface area (Å²) in [6, 6.07) is 8.19. The SMILES string of the molecule is CC(C)(C)NC[C@@H](O)c1cc(CO)c(O)c(Cc2cc([C@@H](O)CNC(C)(C)C)ccc2O)c1. The van der Waals surface area contributed by atoms with Crippen LogP contribution in [0.4, 0.5) is 0 Å². The lowest BCUT2D eigenvalue weighted by atomic mass is 9.94. The van der Waals surface area contributed by atoms with Crippen LogP contribution in [-0.4, -0.2) is 49.7 Å². The van der Waals surface area contributed by atoms with E-state index in [0.717, 1.165) is 0 Å². The number of nitrogens with one attached hydrogen (secondary N) is 2. The minimum absolute atomic E-state index is 0.0417. The zero-order chi connectivity index (χ0) is 25.0. The second kappa shape index (κ2) is 10.8. The molecule has 0 heterocycles. The van der Waals surface area contributed by atoms with E-state index in [-0.39, 0.29) is 35.6 Å². The molecule has 2 aromatic carbocycles. The van der Waals surface area contributed by atoms with Gasteiger partial charge in [-0.2, -0.15) is 0 Å². The molecule has 0 bridgehead atoms. The highest BCUT2D eigenvalue weighted by atomic mass is 16.3. The first-order chi connectivity index (χ1) is 15.2. The fraction of sp³-hybridized carbons (Fsp3) is 0.538. The molecule has 0 aliphatic carbocycles. The number of aliphatic hydroxyl groups excluding tert-OH is 3. The number of rotatable bonds is 9. The van der Waals surface area contributed by atoms with Crippen molar-refractivity contribution in [2.45, 2.75) is 77.9 Å². The van der Waals surface area contributed by atoms with Crippen molar-refractivity contribution in [3.63, 3.8) is 0 Å². The number of phenols is 2. The van der Waals surface area contributed by atoms with Crippen molar-refractivity contribution in [2.75, 3.05) is 13.1 Å². The van der Waals surface area contributed by atoms with E-state index in [0.29, 0.717) is 40.9 Å². The quantitative estimate of drug-likeness (QED) is 0.307. The Kier molecular flexibility index (Phi) is 8.90. The molecule has 0 radical (unpaired) electrons. The smallest absolute Gasteiger partial charge is 0.124 e. The molecule has 2 aromatic rings. The Hall–Kier alpha value is -2.16. The highest BCUT2D eigenvalue weighted by Crippen LogP contribution is 2.32. The van der Waals surface area contributed by atoms with Crippen LogP contribution in [0.15, 0.2) is 30.3 Å². The molecule has 0 aliphatic heterocycles. The zero-order valence-electron chi connectivity index (χ0n) is 20.6. The molecule has 0 spiro atoms. The maximum Gasteiger partial charge on any atom is 0.124 e. The molecule has 2 atom stereocenters. The minimum atomic E-state index is -0.834. The first-order valence-electron chi connectivity index (χ1n) is 11.3. The summed E-state index contributed by atoms with van der Waals surface area (Å²) in [6.07, 6.45) is -1.42. The zero-order valence-corrected chi connectivity index (χ0v) is 20.6. The van der Waals surface area contributed by atoms with Gasteiger partial charge in [-0.05, 0) is 88.1 Å². The van der Waals surface area contributed by atoms with Crippen LogP contribution >= 0.6 is 0 Å². The first-order valence-corrected chi connectivity index (χ1v) is 11.3. The Morgan fingerprint density at radius 2 is 1.21 bits per heavy atom. The molecule has 0 aromatic heterocycles. The van der Waals surface area contributed by atoms with Crippen molar-refractivity contribution in [1.82, 2.24) is 10.6 Å². The van der Waals surface area contributed by atoms with Gasteiger partial charge in [0.15, 0.2) is 0 Å². The topological polar surface area (TPSA) is 125 Å². The van der Waals surface area contributed by atoms with E-state index in [4.69, 9.17) is 0 Å².